The number of carbonyl (C=O) groups is 1. The molecule has 13 heavy (non-hydrogen) atoms. The quantitative estimate of drug-likeness (QED) is 0.784. The van der Waals surface area contributed by atoms with Gasteiger partial charge in [-0.15, -0.1) is 23.7 Å². The zero-order valence-electron chi connectivity index (χ0n) is 7.36. The second-order valence-electron chi connectivity index (χ2n) is 2.15. The van der Waals surface area contributed by atoms with Gasteiger partial charge in [0.15, 0.2) is 5.13 Å². The molecular formula is C7H11ClN2O2S. The first kappa shape index (κ1) is 12.2. The summed E-state index contributed by atoms with van der Waals surface area (Å²) in [5, 5.41) is 5.54. The smallest absolute Gasteiger partial charge is 0.311 e. The molecule has 0 saturated heterocycles. The SMILES string of the molecule is CNc1nc(CC(=O)OC)cs1.Cl. The minimum absolute atomic E-state index is 0. The molecule has 1 heterocycles. The Morgan fingerprint density at radius 3 is 2.92 bits per heavy atom. The minimum atomic E-state index is -0.261. The molecule has 0 aromatic carbocycles. The summed E-state index contributed by atoms with van der Waals surface area (Å²) < 4.78 is 4.50. The van der Waals surface area contributed by atoms with Gasteiger partial charge < -0.3 is 10.1 Å². The molecule has 1 rings (SSSR count). The van der Waals surface area contributed by atoms with Gasteiger partial charge in [-0.25, -0.2) is 4.98 Å². The van der Waals surface area contributed by atoms with Crippen molar-refractivity contribution in [3.63, 3.8) is 0 Å². The molecule has 1 aromatic heterocycles. The van der Waals surface area contributed by atoms with E-state index in [2.05, 4.69) is 15.0 Å². The van der Waals surface area contributed by atoms with E-state index >= 15 is 0 Å². The number of hydrogen-bond donors (Lipinski definition) is 1. The molecule has 0 atom stereocenters. The molecule has 1 aromatic rings. The van der Waals surface area contributed by atoms with Crippen LogP contribution in [-0.2, 0) is 16.0 Å². The van der Waals surface area contributed by atoms with Crippen molar-refractivity contribution in [2.75, 3.05) is 19.5 Å². The first-order valence-corrected chi connectivity index (χ1v) is 4.33. The zero-order valence-corrected chi connectivity index (χ0v) is 9.00. The van der Waals surface area contributed by atoms with Crippen LogP contribution in [0.5, 0.6) is 0 Å². The molecule has 0 amide bonds. The standard InChI is InChI=1S/C7H10N2O2S.ClH/c1-8-7-9-5(4-12-7)3-6(10)11-2;/h4H,3H2,1-2H3,(H,8,9);1H. The highest BCUT2D eigenvalue weighted by Crippen LogP contribution is 2.14. The van der Waals surface area contributed by atoms with Crippen molar-refractivity contribution < 1.29 is 9.53 Å². The average Bonchev–Trinajstić information content (AvgIpc) is 2.52. The highest BCUT2D eigenvalue weighted by atomic mass is 35.5. The number of nitrogens with zero attached hydrogens (tertiary/aromatic N) is 1. The van der Waals surface area contributed by atoms with Crippen LogP contribution in [-0.4, -0.2) is 25.1 Å². The van der Waals surface area contributed by atoms with Crippen molar-refractivity contribution in [2.24, 2.45) is 0 Å². The van der Waals surface area contributed by atoms with E-state index in [1.807, 2.05) is 5.38 Å². The normalized spacial score (nSPS) is 8.77. The lowest BCUT2D eigenvalue weighted by Crippen LogP contribution is -2.04. The molecule has 0 radical (unpaired) electrons. The number of thiazole rings is 1. The van der Waals surface area contributed by atoms with E-state index in [1.54, 1.807) is 7.05 Å². The number of hydrogen-bond acceptors (Lipinski definition) is 5. The molecule has 6 heteroatoms. The van der Waals surface area contributed by atoms with Gasteiger partial charge in [-0.3, -0.25) is 4.79 Å². The number of halogens is 1. The predicted molar refractivity (Wildman–Crippen MR) is 54.6 cm³/mol. The van der Waals surface area contributed by atoms with Crippen molar-refractivity contribution in [1.82, 2.24) is 4.98 Å². The topological polar surface area (TPSA) is 51.2 Å². The number of anilines is 1. The minimum Gasteiger partial charge on any atom is -0.469 e. The van der Waals surface area contributed by atoms with E-state index < -0.39 is 0 Å². The number of rotatable bonds is 3. The fourth-order valence-electron chi connectivity index (χ4n) is 0.723. The molecule has 1 N–H and O–H groups in total. The number of nitrogens with one attached hydrogen (secondary N) is 1. The number of esters is 1. The summed E-state index contributed by atoms with van der Waals surface area (Å²) in [5.41, 5.74) is 0.746. The molecule has 0 bridgehead atoms. The number of aromatic nitrogens is 1. The lowest BCUT2D eigenvalue weighted by atomic mass is 10.3. The molecule has 0 fully saturated rings. The monoisotopic (exact) mass is 222 g/mol. The molecule has 74 valence electrons. The molecule has 0 aliphatic carbocycles. The van der Waals surface area contributed by atoms with Crippen molar-refractivity contribution >= 4 is 34.8 Å². The van der Waals surface area contributed by atoms with Gasteiger partial charge in [-0.05, 0) is 0 Å². The van der Waals surface area contributed by atoms with Crippen LogP contribution in [0, 0.1) is 0 Å². The van der Waals surface area contributed by atoms with Crippen molar-refractivity contribution in [3.8, 4) is 0 Å². The van der Waals surface area contributed by atoms with Gasteiger partial charge in [-0.1, -0.05) is 0 Å². The van der Waals surface area contributed by atoms with Crippen molar-refractivity contribution in [3.05, 3.63) is 11.1 Å². The molecule has 0 spiro atoms. The molecule has 0 aliphatic heterocycles. The maximum absolute atomic E-state index is 10.8. The Kier molecular flexibility index (Phi) is 5.41. The number of methoxy groups -OCH3 is 1. The van der Waals surface area contributed by atoms with Crippen LogP contribution in [0.25, 0.3) is 0 Å². The van der Waals surface area contributed by atoms with E-state index in [0.29, 0.717) is 0 Å². The van der Waals surface area contributed by atoms with Crippen molar-refractivity contribution in [1.29, 1.82) is 0 Å². The summed E-state index contributed by atoms with van der Waals surface area (Å²) in [7, 11) is 3.16. The van der Waals surface area contributed by atoms with Crippen LogP contribution in [0.4, 0.5) is 5.13 Å². The van der Waals surface area contributed by atoms with Crippen LogP contribution < -0.4 is 5.32 Å². The molecular weight excluding hydrogens is 212 g/mol. The largest absolute Gasteiger partial charge is 0.469 e. The molecule has 4 nitrogen and oxygen atoms in total. The maximum atomic E-state index is 10.8. The summed E-state index contributed by atoms with van der Waals surface area (Å²) in [4.78, 5) is 14.9. The average molecular weight is 223 g/mol. The van der Waals surface area contributed by atoms with Gasteiger partial charge in [0.2, 0.25) is 0 Å². The second-order valence-corrected chi connectivity index (χ2v) is 3.01. The second kappa shape index (κ2) is 5.77. The van der Waals surface area contributed by atoms with Crippen LogP contribution in [0.1, 0.15) is 5.69 Å². The number of ether oxygens (including phenoxy) is 1. The van der Waals surface area contributed by atoms with Crippen LogP contribution in [0.15, 0.2) is 5.38 Å². The highest BCUT2D eigenvalue weighted by molar-refractivity contribution is 7.13. The Labute approximate surface area is 86.7 Å². The van der Waals surface area contributed by atoms with Gasteiger partial charge in [0, 0.05) is 12.4 Å². The molecule has 0 aliphatic rings. The summed E-state index contributed by atoms with van der Waals surface area (Å²) in [6, 6.07) is 0. The van der Waals surface area contributed by atoms with Crippen LogP contribution in [0.3, 0.4) is 0 Å². The van der Waals surface area contributed by atoms with Gasteiger partial charge in [0.05, 0.1) is 19.2 Å². The Bertz CT molecular complexity index is 277. The van der Waals surface area contributed by atoms with Gasteiger partial charge >= 0.3 is 5.97 Å². The van der Waals surface area contributed by atoms with E-state index in [1.165, 1.54) is 18.4 Å². The lowest BCUT2D eigenvalue weighted by Gasteiger charge is -1.93. The van der Waals surface area contributed by atoms with Gasteiger partial charge in [0.1, 0.15) is 0 Å². The maximum Gasteiger partial charge on any atom is 0.311 e. The Morgan fingerprint density at radius 1 is 1.77 bits per heavy atom. The van der Waals surface area contributed by atoms with E-state index in [4.69, 9.17) is 0 Å². The fourth-order valence-corrected chi connectivity index (χ4v) is 1.39. The van der Waals surface area contributed by atoms with Crippen LogP contribution >= 0.6 is 23.7 Å². The lowest BCUT2D eigenvalue weighted by molar-refractivity contribution is -0.139. The fraction of sp³-hybridized carbons (Fsp3) is 0.429. The predicted octanol–water partition coefficient (Wildman–Crippen LogP) is 1.32. The summed E-state index contributed by atoms with van der Waals surface area (Å²) in [6.07, 6.45) is 0.245. The van der Waals surface area contributed by atoms with E-state index in [-0.39, 0.29) is 24.8 Å². The first-order chi connectivity index (χ1) is 5.76. The Morgan fingerprint density at radius 2 is 2.46 bits per heavy atom. The van der Waals surface area contributed by atoms with Gasteiger partial charge in [-0.2, -0.15) is 0 Å². The number of carbonyl (C=O) groups excluding carboxylic acids is 1. The van der Waals surface area contributed by atoms with E-state index in [9.17, 15) is 4.79 Å². The zero-order chi connectivity index (χ0) is 8.97. The van der Waals surface area contributed by atoms with Crippen molar-refractivity contribution in [2.45, 2.75) is 6.42 Å². The summed E-state index contributed by atoms with van der Waals surface area (Å²) in [6.45, 7) is 0. The van der Waals surface area contributed by atoms with Crippen LogP contribution in [0.2, 0.25) is 0 Å². The third-order valence-corrected chi connectivity index (χ3v) is 2.23. The van der Waals surface area contributed by atoms with E-state index in [0.717, 1.165) is 10.8 Å². The van der Waals surface area contributed by atoms with Gasteiger partial charge in [0.25, 0.3) is 0 Å². The Hall–Kier alpha value is -0.810. The Balaban J connectivity index is 0.00000144. The third kappa shape index (κ3) is 3.61. The molecule has 0 saturated carbocycles. The third-order valence-electron chi connectivity index (χ3n) is 1.32. The highest BCUT2D eigenvalue weighted by Gasteiger charge is 2.05. The summed E-state index contributed by atoms with van der Waals surface area (Å²) >= 11 is 1.47. The first-order valence-electron chi connectivity index (χ1n) is 3.45. The molecule has 0 unspecified atom stereocenters. The summed E-state index contributed by atoms with van der Waals surface area (Å²) in [5.74, 6) is -0.261.